The zero-order valence-corrected chi connectivity index (χ0v) is 11.6. The summed E-state index contributed by atoms with van der Waals surface area (Å²) in [6.45, 7) is 3.17. The van der Waals surface area contributed by atoms with Gasteiger partial charge in [0.2, 0.25) is 5.91 Å². The predicted molar refractivity (Wildman–Crippen MR) is 69.2 cm³/mol. The van der Waals surface area contributed by atoms with E-state index in [1.807, 2.05) is 0 Å². The smallest absolute Gasteiger partial charge is 0.353 e. The van der Waals surface area contributed by atoms with Gasteiger partial charge in [0.25, 0.3) is 0 Å². The minimum atomic E-state index is -1.13. The third-order valence-electron chi connectivity index (χ3n) is 3.39. The number of thioether (sulfide) groups is 1. The average Bonchev–Trinajstić information content (AvgIpc) is 2.60. The summed E-state index contributed by atoms with van der Waals surface area (Å²) < 4.78 is 0. The van der Waals surface area contributed by atoms with Crippen LogP contribution in [0.1, 0.15) is 20.3 Å². The molecule has 1 fully saturated rings. The van der Waals surface area contributed by atoms with Crippen molar-refractivity contribution in [3.05, 3.63) is 10.6 Å². The van der Waals surface area contributed by atoms with Gasteiger partial charge in [0, 0.05) is 17.1 Å². The Labute approximate surface area is 115 Å². The van der Waals surface area contributed by atoms with Crippen LogP contribution >= 0.6 is 11.8 Å². The Morgan fingerprint density at radius 3 is 2.58 bits per heavy atom. The molecule has 7 heteroatoms. The number of aliphatic carboxylic acids is 1. The highest BCUT2D eigenvalue weighted by atomic mass is 32.2. The molecular weight excluding hydrogens is 270 g/mol. The van der Waals surface area contributed by atoms with Crippen LogP contribution in [0.25, 0.3) is 0 Å². The largest absolute Gasteiger partial charge is 0.477 e. The summed E-state index contributed by atoms with van der Waals surface area (Å²) >= 11 is 1.27. The molecule has 2 aliphatic heterocycles. The van der Waals surface area contributed by atoms with Crippen LogP contribution < -0.4 is 0 Å². The molecule has 106 valence electrons. The number of aliphatic hydroxyl groups is 2. The Hall–Kier alpha value is -1.05. The molecule has 0 aromatic rings. The maximum atomic E-state index is 11.9. The van der Waals surface area contributed by atoms with Crippen molar-refractivity contribution in [3.8, 4) is 0 Å². The highest BCUT2D eigenvalue weighted by molar-refractivity contribution is 8.03. The second-order valence-corrected chi connectivity index (χ2v) is 6.10. The number of β-lactam (4-membered cyclic amide) rings is 1. The number of aliphatic hydroxyl groups excluding tert-OH is 2. The lowest BCUT2D eigenvalue weighted by Gasteiger charge is -2.44. The lowest BCUT2D eigenvalue weighted by Crippen LogP contribution is -2.61. The molecule has 0 radical (unpaired) electrons. The minimum absolute atomic E-state index is 0.0116. The Balaban J connectivity index is 2.19. The third-order valence-corrected chi connectivity index (χ3v) is 4.75. The molecule has 2 unspecified atom stereocenters. The summed E-state index contributed by atoms with van der Waals surface area (Å²) in [7, 11) is 0. The summed E-state index contributed by atoms with van der Waals surface area (Å²) in [5, 5.41) is 28.0. The van der Waals surface area contributed by atoms with Crippen LogP contribution in [0.3, 0.4) is 0 Å². The molecule has 2 heterocycles. The highest BCUT2D eigenvalue weighted by Crippen LogP contribution is 2.46. The van der Waals surface area contributed by atoms with Gasteiger partial charge < -0.3 is 20.2 Å². The number of hydrogen-bond donors (Lipinski definition) is 3. The van der Waals surface area contributed by atoms with E-state index in [4.69, 9.17) is 0 Å². The summed E-state index contributed by atoms with van der Waals surface area (Å²) in [5.74, 6) is -1.59. The predicted octanol–water partition coefficient (Wildman–Crippen LogP) is 0.00810. The summed E-state index contributed by atoms with van der Waals surface area (Å²) in [4.78, 5) is 25.0. The number of amides is 1. The van der Waals surface area contributed by atoms with Crippen molar-refractivity contribution in [3.63, 3.8) is 0 Å². The van der Waals surface area contributed by atoms with Gasteiger partial charge in [-0.05, 0) is 13.8 Å². The lowest BCUT2D eigenvalue weighted by atomic mass is 9.83. The number of nitrogens with zero attached hydrogens (tertiary/aromatic N) is 1. The Bertz CT molecular complexity index is 445. The van der Waals surface area contributed by atoms with Gasteiger partial charge in [-0.2, -0.15) is 0 Å². The van der Waals surface area contributed by atoms with Crippen LogP contribution in [0.4, 0.5) is 0 Å². The number of carbonyl (C=O) groups excluding carboxylic acids is 1. The van der Waals surface area contributed by atoms with E-state index in [0.717, 1.165) is 0 Å². The molecule has 19 heavy (non-hydrogen) atoms. The second kappa shape index (κ2) is 5.15. The Morgan fingerprint density at radius 2 is 2.11 bits per heavy atom. The van der Waals surface area contributed by atoms with Crippen molar-refractivity contribution in [2.24, 2.45) is 5.92 Å². The first-order valence-corrected chi connectivity index (χ1v) is 7.11. The molecule has 4 atom stereocenters. The summed E-state index contributed by atoms with van der Waals surface area (Å²) in [5.41, 5.74) is 0.0116. The molecule has 2 aliphatic rings. The first-order chi connectivity index (χ1) is 8.84. The molecule has 0 aromatic carbocycles. The van der Waals surface area contributed by atoms with Gasteiger partial charge in [-0.3, -0.25) is 4.79 Å². The normalized spacial score (nSPS) is 29.1. The van der Waals surface area contributed by atoms with E-state index in [2.05, 4.69) is 0 Å². The Morgan fingerprint density at radius 1 is 1.47 bits per heavy atom. The van der Waals surface area contributed by atoms with E-state index in [1.54, 1.807) is 13.8 Å². The van der Waals surface area contributed by atoms with Crippen molar-refractivity contribution in [2.75, 3.05) is 5.75 Å². The zero-order valence-electron chi connectivity index (χ0n) is 10.7. The third kappa shape index (κ3) is 2.37. The number of carboxylic acids is 1. The van der Waals surface area contributed by atoms with Gasteiger partial charge in [-0.1, -0.05) is 0 Å². The van der Waals surface area contributed by atoms with Crippen LogP contribution in [0.15, 0.2) is 10.6 Å². The molecule has 6 nitrogen and oxygen atoms in total. The van der Waals surface area contributed by atoms with Crippen molar-refractivity contribution in [1.29, 1.82) is 0 Å². The van der Waals surface area contributed by atoms with E-state index >= 15 is 0 Å². The molecule has 1 amide bonds. The molecule has 0 aromatic heterocycles. The van der Waals surface area contributed by atoms with E-state index in [1.165, 1.54) is 16.7 Å². The van der Waals surface area contributed by atoms with Crippen LogP contribution in [0.5, 0.6) is 0 Å². The summed E-state index contributed by atoms with van der Waals surface area (Å²) in [6, 6.07) is -0.255. The van der Waals surface area contributed by atoms with Gasteiger partial charge in [0.1, 0.15) is 5.70 Å². The first-order valence-electron chi connectivity index (χ1n) is 6.13. The average molecular weight is 287 g/mol. The van der Waals surface area contributed by atoms with Crippen LogP contribution in [-0.2, 0) is 9.59 Å². The molecule has 0 spiro atoms. The van der Waals surface area contributed by atoms with E-state index in [9.17, 15) is 24.9 Å². The van der Waals surface area contributed by atoms with Crippen LogP contribution in [-0.4, -0.2) is 56.1 Å². The van der Waals surface area contributed by atoms with Gasteiger partial charge in [0.15, 0.2) is 0 Å². The maximum absolute atomic E-state index is 11.9. The topological polar surface area (TPSA) is 98.1 Å². The van der Waals surface area contributed by atoms with Gasteiger partial charge in [-0.15, -0.1) is 11.8 Å². The fourth-order valence-electron chi connectivity index (χ4n) is 2.58. The molecule has 1 saturated heterocycles. The molecule has 2 rings (SSSR count). The second-order valence-electron chi connectivity index (χ2n) is 4.98. The first kappa shape index (κ1) is 14.4. The number of carboxylic acid groups (broad SMARTS) is 1. The van der Waals surface area contributed by atoms with Crippen molar-refractivity contribution in [2.45, 2.75) is 38.5 Å². The van der Waals surface area contributed by atoms with Crippen LogP contribution in [0.2, 0.25) is 0 Å². The monoisotopic (exact) mass is 287 g/mol. The lowest BCUT2D eigenvalue weighted by molar-refractivity contribution is -0.161. The maximum Gasteiger partial charge on any atom is 0.353 e. The van der Waals surface area contributed by atoms with Crippen molar-refractivity contribution < 1.29 is 24.9 Å². The SMILES string of the molecule is CC(O)CSC1=C(C(=O)O)N2C(=O)[C@@H]([C@@H](C)O)C2C1. The fraction of sp³-hybridized carbons (Fsp3) is 0.667. The highest BCUT2D eigenvalue weighted by Gasteiger charge is 2.56. The molecule has 0 bridgehead atoms. The number of fused-ring (bicyclic) bond motifs is 1. The Kier molecular flexibility index (Phi) is 3.89. The summed E-state index contributed by atoms with van der Waals surface area (Å²) in [6.07, 6.45) is -0.866. The fourth-order valence-corrected chi connectivity index (χ4v) is 3.63. The van der Waals surface area contributed by atoms with Gasteiger partial charge in [0.05, 0.1) is 24.2 Å². The quantitative estimate of drug-likeness (QED) is 0.616. The van der Waals surface area contributed by atoms with Crippen LogP contribution in [0, 0.1) is 5.92 Å². The van der Waals surface area contributed by atoms with Crippen molar-refractivity contribution >= 4 is 23.6 Å². The standard InChI is InChI=1S/C12H17NO5S/c1-5(14)4-19-8-3-7-9(6(2)15)11(16)13(7)10(8)12(17)18/h5-7,9,14-15H,3-4H2,1-2H3,(H,17,18)/t5?,6-,7?,9+/m1/s1. The minimum Gasteiger partial charge on any atom is -0.477 e. The number of carbonyl (C=O) groups is 2. The van der Waals surface area contributed by atoms with Gasteiger partial charge in [-0.25, -0.2) is 4.79 Å². The zero-order chi connectivity index (χ0) is 14.3. The molecule has 3 N–H and O–H groups in total. The van der Waals surface area contributed by atoms with Gasteiger partial charge >= 0.3 is 5.97 Å². The number of hydrogen-bond acceptors (Lipinski definition) is 5. The van der Waals surface area contributed by atoms with E-state index < -0.39 is 24.1 Å². The molecule has 0 saturated carbocycles. The van der Waals surface area contributed by atoms with E-state index in [0.29, 0.717) is 17.1 Å². The molecular formula is C12H17NO5S. The van der Waals surface area contributed by atoms with Crippen molar-refractivity contribution in [1.82, 2.24) is 4.90 Å². The number of rotatable bonds is 5. The molecule has 0 aliphatic carbocycles. The van der Waals surface area contributed by atoms with E-state index in [-0.39, 0.29) is 17.6 Å².